The van der Waals surface area contributed by atoms with Crippen LogP contribution in [0.15, 0.2) is 54.6 Å². The van der Waals surface area contributed by atoms with Gasteiger partial charge in [0.15, 0.2) is 0 Å². The van der Waals surface area contributed by atoms with Crippen LogP contribution in [0.25, 0.3) is 0 Å². The number of aryl methyl sites for hydroxylation is 1. The van der Waals surface area contributed by atoms with E-state index in [1.807, 2.05) is 75.4 Å². The number of imide groups is 1. The van der Waals surface area contributed by atoms with Crippen LogP contribution in [0.1, 0.15) is 31.9 Å². The second kappa shape index (κ2) is 7.46. The van der Waals surface area contributed by atoms with Gasteiger partial charge in [0.2, 0.25) is 5.91 Å². The number of carbonyl (C=O) groups excluding carboxylic acids is 3. The van der Waals surface area contributed by atoms with Gasteiger partial charge in [-0.2, -0.15) is 0 Å². The highest BCUT2D eigenvalue weighted by molar-refractivity contribution is 6.10. The van der Waals surface area contributed by atoms with Crippen LogP contribution >= 0.6 is 0 Å². The molecular weight excluding hydrogens is 354 g/mol. The highest BCUT2D eigenvalue weighted by Crippen LogP contribution is 2.29. The standard InChI is InChI=1S/C22H25N3O3/c1-15(2)25(18-8-6-5-7-9-18)19(26)14-24-20(27)22(4,23-21(24)28)17-12-10-16(3)11-13-17/h5-13,15H,14H2,1-4H3,(H,23,28)/t22-/m0/s1. The Bertz CT molecular complexity index is 893. The first-order chi connectivity index (χ1) is 13.2. The molecule has 0 aromatic heterocycles. The minimum atomic E-state index is -1.18. The molecule has 28 heavy (non-hydrogen) atoms. The molecule has 2 aromatic rings. The van der Waals surface area contributed by atoms with E-state index in [0.29, 0.717) is 5.56 Å². The highest BCUT2D eigenvalue weighted by Gasteiger charge is 2.49. The van der Waals surface area contributed by atoms with Crippen molar-refractivity contribution in [3.05, 3.63) is 65.7 Å². The largest absolute Gasteiger partial charge is 0.325 e. The predicted molar refractivity (Wildman–Crippen MR) is 108 cm³/mol. The zero-order chi connectivity index (χ0) is 20.5. The van der Waals surface area contributed by atoms with E-state index in [0.717, 1.165) is 16.2 Å². The Morgan fingerprint density at radius 2 is 1.68 bits per heavy atom. The lowest BCUT2D eigenvalue weighted by molar-refractivity contribution is -0.134. The fourth-order valence-electron chi connectivity index (χ4n) is 3.45. The third-order valence-corrected chi connectivity index (χ3v) is 5.02. The molecule has 6 nitrogen and oxygen atoms in total. The number of urea groups is 1. The van der Waals surface area contributed by atoms with Crippen LogP contribution in [0.3, 0.4) is 0 Å². The lowest BCUT2D eigenvalue weighted by atomic mass is 9.91. The van der Waals surface area contributed by atoms with Crippen molar-refractivity contribution >= 4 is 23.5 Å². The lowest BCUT2D eigenvalue weighted by Crippen LogP contribution is -2.46. The number of benzene rings is 2. The molecule has 0 radical (unpaired) electrons. The maximum Gasteiger partial charge on any atom is 0.325 e. The summed E-state index contributed by atoms with van der Waals surface area (Å²) in [4.78, 5) is 41.2. The van der Waals surface area contributed by atoms with Crippen LogP contribution in [0.4, 0.5) is 10.5 Å². The molecule has 1 saturated heterocycles. The number of para-hydroxylation sites is 1. The molecule has 1 atom stereocenters. The molecule has 146 valence electrons. The number of carbonyl (C=O) groups is 3. The van der Waals surface area contributed by atoms with Gasteiger partial charge in [-0.1, -0.05) is 48.0 Å². The lowest BCUT2D eigenvalue weighted by Gasteiger charge is -2.28. The molecule has 0 bridgehead atoms. The zero-order valence-electron chi connectivity index (χ0n) is 16.6. The van der Waals surface area contributed by atoms with E-state index >= 15 is 0 Å². The number of nitrogens with zero attached hydrogens (tertiary/aromatic N) is 2. The van der Waals surface area contributed by atoms with Crippen LogP contribution in [-0.4, -0.2) is 35.3 Å². The molecule has 1 N–H and O–H groups in total. The van der Waals surface area contributed by atoms with Gasteiger partial charge in [0.1, 0.15) is 12.1 Å². The Morgan fingerprint density at radius 3 is 2.25 bits per heavy atom. The quantitative estimate of drug-likeness (QED) is 0.811. The molecule has 1 aliphatic rings. The average molecular weight is 379 g/mol. The predicted octanol–water partition coefficient (Wildman–Crippen LogP) is 3.20. The monoisotopic (exact) mass is 379 g/mol. The van der Waals surface area contributed by atoms with E-state index in [-0.39, 0.29) is 18.5 Å². The molecule has 0 spiro atoms. The van der Waals surface area contributed by atoms with Crippen LogP contribution in [-0.2, 0) is 15.1 Å². The molecule has 1 fully saturated rings. The molecular formula is C22H25N3O3. The summed E-state index contributed by atoms with van der Waals surface area (Å²) >= 11 is 0. The first-order valence-corrected chi connectivity index (χ1v) is 9.32. The molecule has 0 unspecified atom stereocenters. The number of anilines is 1. The second-order valence-electron chi connectivity index (χ2n) is 7.51. The van der Waals surface area contributed by atoms with E-state index in [1.165, 1.54) is 0 Å². The summed E-state index contributed by atoms with van der Waals surface area (Å²) in [5, 5.41) is 2.75. The summed E-state index contributed by atoms with van der Waals surface area (Å²) in [5.41, 5.74) is 1.30. The van der Waals surface area contributed by atoms with Gasteiger partial charge in [0.25, 0.3) is 5.91 Å². The summed E-state index contributed by atoms with van der Waals surface area (Å²) in [6.45, 7) is 7.11. The van der Waals surface area contributed by atoms with E-state index < -0.39 is 17.5 Å². The summed E-state index contributed by atoms with van der Waals surface area (Å²) in [6.07, 6.45) is 0. The number of hydrogen-bond acceptors (Lipinski definition) is 3. The molecule has 4 amide bonds. The number of nitrogens with one attached hydrogen (secondary N) is 1. The number of rotatable bonds is 5. The number of hydrogen-bond donors (Lipinski definition) is 1. The zero-order valence-corrected chi connectivity index (χ0v) is 16.6. The molecule has 2 aromatic carbocycles. The molecule has 0 saturated carbocycles. The summed E-state index contributed by atoms with van der Waals surface area (Å²) in [5.74, 6) is -0.732. The third kappa shape index (κ3) is 3.50. The van der Waals surface area contributed by atoms with Gasteiger partial charge in [0.05, 0.1) is 0 Å². The van der Waals surface area contributed by atoms with Crippen molar-refractivity contribution in [2.75, 3.05) is 11.4 Å². The van der Waals surface area contributed by atoms with E-state index in [2.05, 4.69) is 5.32 Å². The van der Waals surface area contributed by atoms with E-state index in [4.69, 9.17) is 0 Å². The molecule has 6 heteroatoms. The topological polar surface area (TPSA) is 69.7 Å². The Kier molecular flexibility index (Phi) is 5.23. The van der Waals surface area contributed by atoms with Crippen LogP contribution in [0, 0.1) is 6.92 Å². The van der Waals surface area contributed by atoms with Crippen LogP contribution in [0.5, 0.6) is 0 Å². The second-order valence-corrected chi connectivity index (χ2v) is 7.51. The average Bonchev–Trinajstić information content (AvgIpc) is 2.87. The van der Waals surface area contributed by atoms with Crippen molar-refractivity contribution in [3.8, 4) is 0 Å². The minimum absolute atomic E-state index is 0.112. The van der Waals surface area contributed by atoms with Crippen LogP contribution < -0.4 is 10.2 Å². The summed E-state index contributed by atoms with van der Waals surface area (Å²) < 4.78 is 0. The van der Waals surface area contributed by atoms with Crippen LogP contribution in [0.2, 0.25) is 0 Å². The van der Waals surface area contributed by atoms with Gasteiger partial charge in [-0.25, -0.2) is 4.79 Å². The maximum absolute atomic E-state index is 13.1. The smallest absolute Gasteiger partial charge is 0.319 e. The maximum atomic E-state index is 13.1. The van der Waals surface area contributed by atoms with Crippen molar-refractivity contribution < 1.29 is 14.4 Å². The van der Waals surface area contributed by atoms with E-state index in [1.54, 1.807) is 11.8 Å². The molecule has 1 aliphatic heterocycles. The Labute approximate surface area is 165 Å². The number of amides is 4. The van der Waals surface area contributed by atoms with Crippen molar-refractivity contribution in [2.24, 2.45) is 0 Å². The van der Waals surface area contributed by atoms with Gasteiger partial charge in [-0.15, -0.1) is 0 Å². The Hall–Kier alpha value is -3.15. The van der Waals surface area contributed by atoms with Gasteiger partial charge in [-0.05, 0) is 45.4 Å². The van der Waals surface area contributed by atoms with E-state index in [9.17, 15) is 14.4 Å². The first kappa shape index (κ1) is 19.6. The fourth-order valence-corrected chi connectivity index (χ4v) is 3.45. The first-order valence-electron chi connectivity index (χ1n) is 9.32. The minimum Gasteiger partial charge on any atom is -0.319 e. The van der Waals surface area contributed by atoms with Crippen molar-refractivity contribution in [3.63, 3.8) is 0 Å². The highest BCUT2D eigenvalue weighted by atomic mass is 16.2. The van der Waals surface area contributed by atoms with Gasteiger partial charge in [-0.3, -0.25) is 14.5 Å². The Balaban J connectivity index is 1.84. The Morgan fingerprint density at radius 1 is 1.07 bits per heavy atom. The molecule has 1 heterocycles. The summed E-state index contributed by atoms with van der Waals surface area (Å²) in [7, 11) is 0. The van der Waals surface area contributed by atoms with Gasteiger partial charge >= 0.3 is 6.03 Å². The van der Waals surface area contributed by atoms with Crippen molar-refractivity contribution in [1.29, 1.82) is 0 Å². The summed E-state index contributed by atoms with van der Waals surface area (Å²) in [6, 6.07) is 16.0. The van der Waals surface area contributed by atoms with Crippen molar-refractivity contribution in [1.82, 2.24) is 10.2 Å². The third-order valence-electron chi connectivity index (χ3n) is 5.02. The van der Waals surface area contributed by atoms with Gasteiger partial charge in [0, 0.05) is 11.7 Å². The SMILES string of the molecule is Cc1ccc([C@]2(C)NC(=O)N(CC(=O)N(c3ccccc3)C(C)C)C2=O)cc1. The van der Waals surface area contributed by atoms with Crippen molar-refractivity contribution in [2.45, 2.75) is 39.3 Å². The van der Waals surface area contributed by atoms with Gasteiger partial charge < -0.3 is 10.2 Å². The normalized spacial score (nSPS) is 19.1. The molecule has 3 rings (SSSR count). The fraction of sp³-hybridized carbons (Fsp3) is 0.318. The molecule has 0 aliphatic carbocycles.